The molecular weight excluding hydrogens is 417 g/mol. The largest absolute Gasteiger partial charge is 0.378 e. The highest BCUT2D eigenvalue weighted by atomic mass is 35.5. The van der Waals surface area contributed by atoms with E-state index in [1.807, 2.05) is 43.3 Å². The minimum absolute atomic E-state index is 0.120. The highest BCUT2D eigenvalue weighted by Crippen LogP contribution is 2.34. The molecule has 0 bridgehead atoms. The molecule has 0 atom stereocenters. The molecular formula is C24H19ClFN3O2. The van der Waals surface area contributed by atoms with Gasteiger partial charge in [-0.05, 0) is 60.2 Å². The van der Waals surface area contributed by atoms with Crippen LogP contribution in [0.5, 0.6) is 0 Å². The van der Waals surface area contributed by atoms with Gasteiger partial charge < -0.3 is 10.2 Å². The number of hydrogen-bond donors (Lipinski definition) is 1. The number of carbonyl (C=O) groups is 2. The van der Waals surface area contributed by atoms with Crippen molar-refractivity contribution in [2.45, 2.75) is 0 Å². The molecule has 2 amide bonds. The molecule has 7 heteroatoms. The van der Waals surface area contributed by atoms with Crippen LogP contribution in [0.2, 0.25) is 5.02 Å². The lowest BCUT2D eigenvalue weighted by Crippen LogP contribution is -2.32. The molecule has 1 N–H and O–H groups in total. The molecule has 1 aliphatic heterocycles. The summed E-state index contributed by atoms with van der Waals surface area (Å²) >= 11 is 6.07. The van der Waals surface area contributed by atoms with Gasteiger partial charge in [0, 0.05) is 30.5 Å². The molecule has 0 aliphatic carbocycles. The van der Waals surface area contributed by atoms with Crippen molar-refractivity contribution in [3.63, 3.8) is 0 Å². The molecule has 1 aliphatic rings. The number of rotatable bonds is 5. The summed E-state index contributed by atoms with van der Waals surface area (Å²) < 4.78 is 13.5. The molecule has 5 nitrogen and oxygen atoms in total. The summed E-state index contributed by atoms with van der Waals surface area (Å²) in [6, 6.07) is 19.4. The first kappa shape index (κ1) is 20.6. The second kappa shape index (κ2) is 8.24. The van der Waals surface area contributed by atoms with E-state index in [1.54, 1.807) is 24.3 Å². The van der Waals surface area contributed by atoms with Crippen LogP contribution < -0.4 is 15.1 Å². The van der Waals surface area contributed by atoms with Crippen LogP contribution in [0.15, 0.2) is 78.5 Å². The van der Waals surface area contributed by atoms with Crippen LogP contribution >= 0.6 is 11.6 Å². The van der Waals surface area contributed by atoms with E-state index < -0.39 is 17.6 Å². The Morgan fingerprint density at radius 2 is 1.58 bits per heavy atom. The van der Waals surface area contributed by atoms with E-state index in [0.717, 1.165) is 10.6 Å². The zero-order valence-corrected chi connectivity index (χ0v) is 17.7. The first-order chi connectivity index (χ1) is 14.8. The van der Waals surface area contributed by atoms with E-state index in [4.69, 9.17) is 11.6 Å². The summed E-state index contributed by atoms with van der Waals surface area (Å²) in [5.74, 6) is -1.45. The molecule has 3 aromatic rings. The number of nitrogens with zero attached hydrogens (tertiary/aromatic N) is 2. The third-order valence-electron chi connectivity index (χ3n) is 4.94. The third kappa shape index (κ3) is 4.02. The van der Waals surface area contributed by atoms with Gasteiger partial charge in [0.15, 0.2) is 0 Å². The maximum Gasteiger partial charge on any atom is 0.282 e. The molecule has 0 radical (unpaired) electrons. The van der Waals surface area contributed by atoms with E-state index in [1.165, 1.54) is 24.3 Å². The molecule has 1 heterocycles. The van der Waals surface area contributed by atoms with Crippen LogP contribution in [-0.4, -0.2) is 25.9 Å². The highest BCUT2D eigenvalue weighted by molar-refractivity contribution is 6.46. The average Bonchev–Trinajstić information content (AvgIpc) is 2.98. The fourth-order valence-corrected chi connectivity index (χ4v) is 3.55. The molecule has 0 fully saturated rings. The molecule has 3 aromatic carbocycles. The number of nitrogens with one attached hydrogen (secondary N) is 1. The molecule has 0 saturated heterocycles. The van der Waals surface area contributed by atoms with Gasteiger partial charge in [0.25, 0.3) is 11.8 Å². The van der Waals surface area contributed by atoms with E-state index in [-0.39, 0.29) is 11.3 Å². The lowest BCUT2D eigenvalue weighted by Gasteiger charge is -2.16. The maximum atomic E-state index is 13.5. The Hall–Kier alpha value is -3.64. The van der Waals surface area contributed by atoms with Gasteiger partial charge in [-0.3, -0.25) is 9.59 Å². The summed E-state index contributed by atoms with van der Waals surface area (Å²) in [4.78, 5) is 29.7. The van der Waals surface area contributed by atoms with Crippen molar-refractivity contribution in [2.24, 2.45) is 0 Å². The Balaban J connectivity index is 1.78. The Morgan fingerprint density at radius 3 is 2.19 bits per heavy atom. The van der Waals surface area contributed by atoms with Crippen LogP contribution in [0.4, 0.5) is 21.5 Å². The number of carbonyl (C=O) groups excluding carboxylic acids is 2. The van der Waals surface area contributed by atoms with E-state index in [0.29, 0.717) is 22.0 Å². The Kier molecular flexibility index (Phi) is 5.48. The molecule has 31 heavy (non-hydrogen) atoms. The van der Waals surface area contributed by atoms with Gasteiger partial charge in [0.1, 0.15) is 11.5 Å². The predicted octanol–water partition coefficient (Wildman–Crippen LogP) is 4.94. The third-order valence-corrected chi connectivity index (χ3v) is 5.17. The molecule has 0 unspecified atom stereocenters. The highest BCUT2D eigenvalue weighted by Gasteiger charge is 2.40. The lowest BCUT2D eigenvalue weighted by molar-refractivity contribution is -0.120. The molecule has 0 aromatic heterocycles. The van der Waals surface area contributed by atoms with Crippen LogP contribution in [-0.2, 0) is 9.59 Å². The minimum atomic E-state index is -0.511. The molecule has 0 saturated carbocycles. The number of anilines is 3. The normalized spacial score (nSPS) is 13.7. The lowest BCUT2D eigenvalue weighted by atomic mass is 10.0. The number of hydrogen-bond acceptors (Lipinski definition) is 4. The molecule has 4 rings (SSSR count). The van der Waals surface area contributed by atoms with E-state index in [9.17, 15) is 14.0 Å². The Labute approximate surface area is 184 Å². The van der Waals surface area contributed by atoms with Crippen LogP contribution in [0.1, 0.15) is 5.56 Å². The van der Waals surface area contributed by atoms with Crippen molar-refractivity contribution >= 4 is 46.1 Å². The zero-order valence-electron chi connectivity index (χ0n) is 16.9. The predicted molar refractivity (Wildman–Crippen MR) is 122 cm³/mol. The fourth-order valence-electron chi connectivity index (χ4n) is 3.37. The van der Waals surface area contributed by atoms with Gasteiger partial charge in [0.05, 0.1) is 11.3 Å². The summed E-state index contributed by atoms with van der Waals surface area (Å²) in [6.45, 7) is 0. The van der Waals surface area contributed by atoms with Crippen LogP contribution in [0, 0.1) is 5.82 Å². The first-order valence-electron chi connectivity index (χ1n) is 9.54. The van der Waals surface area contributed by atoms with Gasteiger partial charge in [-0.1, -0.05) is 29.8 Å². The summed E-state index contributed by atoms with van der Waals surface area (Å²) in [6.07, 6.45) is 0. The fraction of sp³-hybridized carbons (Fsp3) is 0.0833. The van der Waals surface area contributed by atoms with E-state index >= 15 is 0 Å². The number of benzene rings is 3. The van der Waals surface area contributed by atoms with Crippen molar-refractivity contribution in [2.75, 3.05) is 29.2 Å². The Morgan fingerprint density at radius 1 is 0.903 bits per heavy atom. The average molecular weight is 436 g/mol. The van der Waals surface area contributed by atoms with Gasteiger partial charge in [-0.25, -0.2) is 9.29 Å². The topological polar surface area (TPSA) is 52.7 Å². The number of amides is 2. The molecule has 0 spiro atoms. The first-order valence-corrected chi connectivity index (χ1v) is 9.92. The van der Waals surface area contributed by atoms with Gasteiger partial charge in [0.2, 0.25) is 0 Å². The Bertz CT molecular complexity index is 1190. The maximum absolute atomic E-state index is 13.5. The second-order valence-corrected chi connectivity index (χ2v) is 7.69. The van der Waals surface area contributed by atoms with Gasteiger partial charge in [-0.15, -0.1) is 0 Å². The molecule has 156 valence electrons. The van der Waals surface area contributed by atoms with Crippen molar-refractivity contribution < 1.29 is 14.0 Å². The monoisotopic (exact) mass is 435 g/mol. The standard InChI is InChI=1S/C24H19ClFN3O2/c1-28(2)19-12-10-18(11-13-19)27-22-21(15-6-8-17(26)9-7-15)23(30)29(24(22)31)20-5-3-4-16(25)14-20/h3-14,27H,1-2H3. The smallest absolute Gasteiger partial charge is 0.282 e. The van der Waals surface area contributed by atoms with Crippen molar-refractivity contribution in [3.8, 4) is 0 Å². The van der Waals surface area contributed by atoms with E-state index in [2.05, 4.69) is 5.32 Å². The van der Waals surface area contributed by atoms with Gasteiger partial charge >= 0.3 is 0 Å². The summed E-state index contributed by atoms with van der Waals surface area (Å²) in [5, 5.41) is 3.49. The van der Waals surface area contributed by atoms with Gasteiger partial charge in [-0.2, -0.15) is 0 Å². The summed E-state index contributed by atoms with van der Waals surface area (Å²) in [5.41, 5.74) is 2.73. The quantitative estimate of drug-likeness (QED) is 0.577. The number of halogens is 2. The SMILES string of the molecule is CN(C)c1ccc(NC2=C(c3ccc(F)cc3)C(=O)N(c3cccc(Cl)c3)C2=O)cc1. The van der Waals surface area contributed by atoms with Crippen LogP contribution in [0.3, 0.4) is 0 Å². The van der Waals surface area contributed by atoms with Crippen molar-refractivity contribution in [1.82, 2.24) is 0 Å². The van der Waals surface area contributed by atoms with Crippen molar-refractivity contribution in [1.29, 1.82) is 0 Å². The minimum Gasteiger partial charge on any atom is -0.378 e. The van der Waals surface area contributed by atoms with Crippen LogP contribution in [0.25, 0.3) is 5.57 Å². The summed E-state index contributed by atoms with van der Waals surface area (Å²) in [7, 11) is 3.86. The zero-order chi connectivity index (χ0) is 22.1. The second-order valence-electron chi connectivity index (χ2n) is 7.25. The number of imide groups is 1. The van der Waals surface area contributed by atoms with Crippen molar-refractivity contribution in [3.05, 3.63) is 94.9 Å².